The maximum Gasteiger partial charge on any atom is 0.251 e. The Morgan fingerprint density at radius 2 is 1.95 bits per heavy atom. The molecule has 1 saturated heterocycles. The minimum atomic E-state index is 0.227. The van der Waals surface area contributed by atoms with E-state index >= 15 is 0 Å². The monoisotopic (exact) mass is 287 g/mol. The minimum absolute atomic E-state index is 0.227. The third kappa shape index (κ3) is 3.14. The molecular weight excluding hydrogens is 270 g/mol. The molecule has 104 valence electrons. The van der Waals surface area contributed by atoms with Gasteiger partial charge >= 0.3 is 0 Å². The number of pyridine rings is 1. The maximum atomic E-state index is 11.6. The van der Waals surface area contributed by atoms with Gasteiger partial charge in [0.05, 0.1) is 12.7 Å². The standard InChI is InChI=1S/C16H17NO2S/c18-17-9-5-4-8-16(17)20-12-15-10-14(11-19-15)13-6-2-1-3-7-13/h1-9,14-15H,10-12H2/t14-,15-/m1/s1. The predicted molar refractivity (Wildman–Crippen MR) is 79.7 cm³/mol. The number of rotatable bonds is 4. The zero-order valence-electron chi connectivity index (χ0n) is 11.1. The minimum Gasteiger partial charge on any atom is -0.618 e. The first-order chi connectivity index (χ1) is 9.83. The van der Waals surface area contributed by atoms with E-state index in [9.17, 15) is 5.21 Å². The summed E-state index contributed by atoms with van der Waals surface area (Å²) in [4.78, 5) is 0. The second-order valence-corrected chi connectivity index (χ2v) is 6.01. The molecule has 0 unspecified atom stereocenters. The van der Waals surface area contributed by atoms with Crippen molar-refractivity contribution in [1.82, 2.24) is 0 Å². The first-order valence-corrected chi connectivity index (χ1v) is 7.79. The Bertz CT molecular complexity index is 561. The highest BCUT2D eigenvalue weighted by molar-refractivity contribution is 7.99. The summed E-state index contributed by atoms with van der Waals surface area (Å²) in [5.41, 5.74) is 1.35. The smallest absolute Gasteiger partial charge is 0.251 e. The molecule has 1 aliphatic rings. The Balaban J connectivity index is 1.55. The van der Waals surface area contributed by atoms with Crippen LogP contribution >= 0.6 is 11.8 Å². The third-order valence-corrected chi connectivity index (χ3v) is 4.71. The lowest BCUT2D eigenvalue weighted by molar-refractivity contribution is -0.645. The molecule has 0 spiro atoms. The van der Waals surface area contributed by atoms with E-state index in [4.69, 9.17) is 4.74 Å². The number of benzene rings is 1. The molecule has 2 heterocycles. The molecule has 2 aromatic rings. The van der Waals surface area contributed by atoms with E-state index in [0.717, 1.165) is 28.5 Å². The highest BCUT2D eigenvalue weighted by Gasteiger charge is 2.27. The second kappa shape index (κ2) is 6.29. The van der Waals surface area contributed by atoms with Gasteiger partial charge in [-0.15, -0.1) is 0 Å². The largest absolute Gasteiger partial charge is 0.618 e. The zero-order chi connectivity index (χ0) is 13.8. The first-order valence-electron chi connectivity index (χ1n) is 6.80. The molecule has 4 heteroatoms. The fourth-order valence-electron chi connectivity index (χ4n) is 2.48. The molecule has 0 radical (unpaired) electrons. The van der Waals surface area contributed by atoms with Gasteiger partial charge in [-0.1, -0.05) is 42.1 Å². The van der Waals surface area contributed by atoms with E-state index in [1.165, 1.54) is 11.8 Å². The molecule has 0 saturated carbocycles. The van der Waals surface area contributed by atoms with Crippen molar-refractivity contribution in [3.05, 3.63) is 65.5 Å². The second-order valence-electron chi connectivity index (χ2n) is 4.97. The Hall–Kier alpha value is -1.52. The molecule has 0 bridgehead atoms. The van der Waals surface area contributed by atoms with Crippen LogP contribution in [0.3, 0.4) is 0 Å². The SMILES string of the molecule is [O-][n+]1ccccc1SC[C@H]1C[C@@H](c2ccccc2)CO1. The van der Waals surface area contributed by atoms with Crippen LogP contribution in [0.15, 0.2) is 59.8 Å². The molecule has 1 aromatic heterocycles. The van der Waals surface area contributed by atoms with Gasteiger partial charge in [0.25, 0.3) is 5.03 Å². The third-order valence-electron chi connectivity index (χ3n) is 3.56. The normalized spacial score (nSPS) is 22.0. The van der Waals surface area contributed by atoms with Gasteiger partial charge in [-0.2, -0.15) is 4.73 Å². The van der Waals surface area contributed by atoms with Gasteiger partial charge in [-0.05, 0) is 18.1 Å². The number of hydrogen-bond acceptors (Lipinski definition) is 3. The molecule has 3 rings (SSSR count). The molecule has 3 nitrogen and oxygen atoms in total. The highest BCUT2D eigenvalue weighted by Crippen LogP contribution is 2.31. The number of thioether (sulfide) groups is 1. The summed E-state index contributed by atoms with van der Waals surface area (Å²) >= 11 is 1.57. The van der Waals surface area contributed by atoms with E-state index < -0.39 is 0 Å². The zero-order valence-corrected chi connectivity index (χ0v) is 12.0. The first kappa shape index (κ1) is 13.5. The lowest BCUT2D eigenvalue weighted by Crippen LogP contribution is -2.28. The summed E-state index contributed by atoms with van der Waals surface area (Å²) in [5.74, 6) is 1.31. The predicted octanol–water partition coefficient (Wildman–Crippen LogP) is 2.98. The van der Waals surface area contributed by atoms with Gasteiger partial charge in [0.2, 0.25) is 0 Å². The van der Waals surface area contributed by atoms with Crippen LogP contribution in [-0.2, 0) is 4.74 Å². The fraction of sp³-hybridized carbons (Fsp3) is 0.312. The Morgan fingerprint density at radius 3 is 2.75 bits per heavy atom. The summed E-state index contributed by atoms with van der Waals surface area (Å²) in [6, 6.07) is 16.0. The van der Waals surface area contributed by atoms with Crippen molar-refractivity contribution in [3.63, 3.8) is 0 Å². The van der Waals surface area contributed by atoms with Crippen LogP contribution in [-0.4, -0.2) is 18.5 Å². The average Bonchev–Trinajstić information content (AvgIpc) is 2.96. The van der Waals surface area contributed by atoms with Crippen LogP contribution < -0.4 is 4.73 Å². The summed E-state index contributed by atoms with van der Waals surface area (Å²) in [6.07, 6.45) is 2.79. The van der Waals surface area contributed by atoms with Crippen LogP contribution in [0.2, 0.25) is 0 Å². The van der Waals surface area contributed by atoms with Crippen molar-refractivity contribution in [2.45, 2.75) is 23.5 Å². The van der Waals surface area contributed by atoms with Crippen molar-refractivity contribution < 1.29 is 9.47 Å². The van der Waals surface area contributed by atoms with Crippen LogP contribution in [0.4, 0.5) is 0 Å². The summed E-state index contributed by atoms with van der Waals surface area (Å²) < 4.78 is 6.76. The Kier molecular flexibility index (Phi) is 4.23. The van der Waals surface area contributed by atoms with Crippen molar-refractivity contribution in [3.8, 4) is 0 Å². The number of aromatic nitrogens is 1. The summed E-state index contributed by atoms with van der Waals surface area (Å²) in [6.45, 7) is 0.779. The lowest BCUT2D eigenvalue weighted by Gasteiger charge is -2.09. The lowest BCUT2D eigenvalue weighted by atomic mass is 9.97. The Labute approximate surface area is 123 Å². The quantitative estimate of drug-likeness (QED) is 0.493. The molecule has 0 N–H and O–H groups in total. The van der Waals surface area contributed by atoms with Crippen molar-refractivity contribution in [2.24, 2.45) is 0 Å². The Morgan fingerprint density at radius 1 is 1.15 bits per heavy atom. The van der Waals surface area contributed by atoms with Gasteiger partial charge in [0.1, 0.15) is 0 Å². The van der Waals surface area contributed by atoms with Crippen LogP contribution in [0.5, 0.6) is 0 Å². The molecular formula is C16H17NO2S. The van der Waals surface area contributed by atoms with Gasteiger partial charge in [-0.25, -0.2) is 0 Å². The van der Waals surface area contributed by atoms with E-state index in [0.29, 0.717) is 5.92 Å². The van der Waals surface area contributed by atoms with E-state index in [1.807, 2.05) is 18.2 Å². The topological polar surface area (TPSA) is 36.2 Å². The maximum absolute atomic E-state index is 11.6. The molecule has 1 aromatic carbocycles. The number of nitrogens with zero attached hydrogens (tertiary/aromatic N) is 1. The van der Waals surface area contributed by atoms with Crippen molar-refractivity contribution in [1.29, 1.82) is 0 Å². The fourth-order valence-corrected chi connectivity index (χ4v) is 3.43. The molecule has 1 fully saturated rings. The van der Waals surface area contributed by atoms with E-state index in [1.54, 1.807) is 17.8 Å². The van der Waals surface area contributed by atoms with Crippen molar-refractivity contribution in [2.75, 3.05) is 12.4 Å². The molecule has 20 heavy (non-hydrogen) atoms. The van der Waals surface area contributed by atoms with E-state index in [2.05, 4.69) is 24.3 Å². The van der Waals surface area contributed by atoms with Gasteiger partial charge in [0, 0.05) is 23.8 Å². The molecule has 1 aliphatic heterocycles. The summed E-state index contributed by atoms with van der Waals surface area (Å²) in [5, 5.41) is 12.3. The van der Waals surface area contributed by atoms with E-state index in [-0.39, 0.29) is 6.10 Å². The molecule has 2 atom stereocenters. The van der Waals surface area contributed by atoms with Crippen molar-refractivity contribution >= 4 is 11.8 Å². The number of hydrogen-bond donors (Lipinski definition) is 0. The average molecular weight is 287 g/mol. The van der Waals surface area contributed by atoms with Gasteiger partial charge < -0.3 is 9.94 Å². The van der Waals surface area contributed by atoms with Crippen LogP contribution in [0.25, 0.3) is 0 Å². The van der Waals surface area contributed by atoms with Gasteiger partial charge in [-0.3, -0.25) is 0 Å². The van der Waals surface area contributed by atoms with Gasteiger partial charge in [0.15, 0.2) is 6.20 Å². The highest BCUT2D eigenvalue weighted by atomic mass is 32.2. The molecule has 0 amide bonds. The molecule has 0 aliphatic carbocycles. The summed E-state index contributed by atoms with van der Waals surface area (Å²) in [7, 11) is 0. The van der Waals surface area contributed by atoms with Crippen LogP contribution in [0.1, 0.15) is 17.9 Å². The number of ether oxygens (including phenoxy) is 1. The van der Waals surface area contributed by atoms with Crippen LogP contribution in [0, 0.1) is 5.21 Å².